The third-order valence-corrected chi connectivity index (χ3v) is 7.36. The van der Waals surface area contributed by atoms with Crippen molar-refractivity contribution in [2.45, 2.75) is 59.0 Å². The van der Waals surface area contributed by atoms with Crippen LogP contribution in [0, 0.1) is 11.8 Å². The van der Waals surface area contributed by atoms with Crippen LogP contribution in [0.2, 0.25) is 0 Å². The molecule has 0 spiro atoms. The van der Waals surface area contributed by atoms with Gasteiger partial charge in [-0.15, -0.1) is 11.8 Å². The molecule has 1 fully saturated rings. The fourth-order valence-electron chi connectivity index (χ4n) is 4.20. The number of benzene rings is 2. The highest BCUT2D eigenvalue weighted by atomic mass is 32.2. The second kappa shape index (κ2) is 15.2. The smallest absolute Gasteiger partial charge is 0.408 e. The average molecular weight is 584 g/mol. The lowest BCUT2D eigenvalue weighted by Gasteiger charge is -2.31. The molecule has 41 heavy (non-hydrogen) atoms. The van der Waals surface area contributed by atoms with Crippen LogP contribution in [0.1, 0.15) is 38.8 Å². The average Bonchev–Trinajstić information content (AvgIpc) is 3.41. The Morgan fingerprint density at radius 1 is 0.927 bits per heavy atom. The summed E-state index contributed by atoms with van der Waals surface area (Å²) in [5, 5.41) is 5.44. The van der Waals surface area contributed by atoms with Crippen molar-refractivity contribution in [1.29, 1.82) is 0 Å². The van der Waals surface area contributed by atoms with E-state index in [-0.39, 0.29) is 24.8 Å². The number of rotatable bonds is 12. The van der Waals surface area contributed by atoms with E-state index < -0.39 is 53.9 Å². The van der Waals surface area contributed by atoms with Gasteiger partial charge in [0, 0.05) is 5.75 Å². The van der Waals surface area contributed by atoms with E-state index >= 15 is 0 Å². The van der Waals surface area contributed by atoms with Gasteiger partial charge in [-0.25, -0.2) is 9.59 Å². The highest BCUT2D eigenvalue weighted by molar-refractivity contribution is 7.99. The van der Waals surface area contributed by atoms with Gasteiger partial charge in [0.2, 0.25) is 11.8 Å². The molecule has 220 valence electrons. The number of carbonyl (C=O) groups excluding carboxylic acids is 5. The third kappa shape index (κ3) is 9.34. The van der Waals surface area contributed by atoms with Crippen molar-refractivity contribution in [2.24, 2.45) is 11.8 Å². The Bertz CT molecular complexity index is 1210. The molecule has 3 amide bonds. The first-order valence-electron chi connectivity index (χ1n) is 13.5. The number of carbonyl (C=O) groups is 5. The predicted molar refractivity (Wildman–Crippen MR) is 154 cm³/mol. The van der Waals surface area contributed by atoms with E-state index in [0.717, 1.165) is 5.56 Å². The molecule has 1 saturated heterocycles. The first-order chi connectivity index (χ1) is 19.6. The van der Waals surface area contributed by atoms with Gasteiger partial charge in [0.05, 0.1) is 12.0 Å². The predicted octanol–water partition coefficient (Wildman–Crippen LogP) is 3.29. The van der Waals surface area contributed by atoms with Crippen molar-refractivity contribution in [1.82, 2.24) is 15.5 Å². The van der Waals surface area contributed by atoms with Crippen LogP contribution in [0.25, 0.3) is 0 Å². The summed E-state index contributed by atoms with van der Waals surface area (Å²) < 4.78 is 10.4. The summed E-state index contributed by atoms with van der Waals surface area (Å²) in [4.78, 5) is 66.4. The van der Waals surface area contributed by atoms with E-state index in [0.29, 0.717) is 11.3 Å². The van der Waals surface area contributed by atoms with Crippen LogP contribution in [-0.2, 0) is 41.7 Å². The molecule has 1 aliphatic rings. The van der Waals surface area contributed by atoms with Crippen LogP contribution in [0.5, 0.6) is 0 Å². The van der Waals surface area contributed by atoms with Gasteiger partial charge in [0.1, 0.15) is 24.7 Å². The van der Waals surface area contributed by atoms with Crippen LogP contribution in [0.3, 0.4) is 0 Å². The maximum absolute atomic E-state index is 13.6. The summed E-state index contributed by atoms with van der Waals surface area (Å²) in [7, 11) is 0. The summed E-state index contributed by atoms with van der Waals surface area (Å²) in [5.41, 5.74) is 1.51. The van der Waals surface area contributed by atoms with Gasteiger partial charge in [-0.05, 0) is 37.3 Å². The Morgan fingerprint density at radius 3 is 2.12 bits per heavy atom. The largest absolute Gasteiger partial charge is 0.457 e. The number of thioether (sulfide) groups is 1. The zero-order valence-corrected chi connectivity index (χ0v) is 24.5. The number of amides is 3. The number of hydrogen-bond acceptors (Lipinski definition) is 8. The molecular weight excluding hydrogens is 546 g/mol. The molecular formula is C30H37N3O7S. The number of nitrogens with zero attached hydrogens (tertiary/aromatic N) is 1. The lowest BCUT2D eigenvalue weighted by atomic mass is 9.94. The van der Waals surface area contributed by atoms with Gasteiger partial charge in [-0.3, -0.25) is 14.4 Å². The molecule has 0 aliphatic carbocycles. The Labute approximate surface area is 244 Å². The summed E-state index contributed by atoms with van der Waals surface area (Å²) in [6.07, 6.45) is -2.00. The van der Waals surface area contributed by atoms with E-state index in [1.807, 2.05) is 36.4 Å². The highest BCUT2D eigenvalue weighted by Crippen LogP contribution is 2.23. The van der Waals surface area contributed by atoms with Crippen LogP contribution < -0.4 is 10.6 Å². The topological polar surface area (TPSA) is 131 Å². The molecule has 1 heterocycles. The Hall–Kier alpha value is -3.86. The molecule has 2 aromatic carbocycles. The summed E-state index contributed by atoms with van der Waals surface area (Å²) in [5.74, 6) is -4.05. The zero-order valence-electron chi connectivity index (χ0n) is 23.7. The molecule has 0 aromatic heterocycles. The second-order valence-corrected chi connectivity index (χ2v) is 11.3. The maximum Gasteiger partial charge on any atom is 0.408 e. The van der Waals surface area contributed by atoms with Crippen LogP contribution in [0.4, 0.5) is 4.79 Å². The van der Waals surface area contributed by atoms with Crippen molar-refractivity contribution >= 4 is 41.4 Å². The molecule has 3 rings (SSSR count). The van der Waals surface area contributed by atoms with Crippen LogP contribution >= 0.6 is 11.8 Å². The molecule has 3 atom stereocenters. The first-order valence-corrected chi connectivity index (χ1v) is 14.7. The molecule has 0 unspecified atom stereocenters. The number of ketones is 1. The summed E-state index contributed by atoms with van der Waals surface area (Å²) >= 11 is 1.42. The fraction of sp³-hybridized carbons (Fsp3) is 0.433. The van der Waals surface area contributed by atoms with Gasteiger partial charge >= 0.3 is 12.1 Å². The SMILES string of the molecule is CC(C)OC(=O)C(=O)[C@H](Cc1ccccc1)C(=O)N[C@H]1CSCN1C(=O)[C@@H](NC(=O)OCc1ccccc1)C(C)C. The number of esters is 1. The number of ether oxygens (including phenoxy) is 2. The third-order valence-electron chi connectivity index (χ3n) is 6.35. The van der Waals surface area contributed by atoms with E-state index in [4.69, 9.17) is 9.47 Å². The first kappa shape index (κ1) is 31.7. The quantitative estimate of drug-likeness (QED) is 0.221. The summed E-state index contributed by atoms with van der Waals surface area (Å²) in [6, 6.07) is 17.2. The van der Waals surface area contributed by atoms with Gasteiger partial charge in [-0.2, -0.15) is 0 Å². The lowest BCUT2D eigenvalue weighted by molar-refractivity contribution is -0.160. The fourth-order valence-corrected chi connectivity index (χ4v) is 5.29. The number of hydrogen-bond donors (Lipinski definition) is 2. The second-order valence-electron chi connectivity index (χ2n) is 10.3. The van der Waals surface area contributed by atoms with Gasteiger partial charge in [0.15, 0.2) is 0 Å². The summed E-state index contributed by atoms with van der Waals surface area (Å²) in [6.45, 7) is 6.89. The molecule has 2 N–H and O–H groups in total. The highest BCUT2D eigenvalue weighted by Gasteiger charge is 2.40. The Balaban J connectivity index is 1.69. The van der Waals surface area contributed by atoms with Crippen LogP contribution in [-0.4, -0.2) is 64.5 Å². The minimum absolute atomic E-state index is 0.00403. The number of alkyl carbamates (subject to hydrolysis) is 1. The number of Topliss-reactive ketones (excluding diaryl/α,β-unsaturated/α-hetero) is 1. The van der Waals surface area contributed by atoms with Crippen LogP contribution in [0.15, 0.2) is 60.7 Å². The number of nitrogens with one attached hydrogen (secondary N) is 2. The monoisotopic (exact) mass is 583 g/mol. The molecule has 0 saturated carbocycles. The van der Waals surface area contributed by atoms with Gasteiger partial charge in [0.25, 0.3) is 5.78 Å². The zero-order chi connectivity index (χ0) is 29.9. The van der Waals surface area contributed by atoms with E-state index in [2.05, 4.69) is 10.6 Å². The van der Waals surface area contributed by atoms with Crippen molar-refractivity contribution < 1.29 is 33.4 Å². The minimum Gasteiger partial charge on any atom is -0.457 e. The van der Waals surface area contributed by atoms with Gasteiger partial charge in [-0.1, -0.05) is 74.5 Å². The molecule has 0 radical (unpaired) electrons. The molecule has 1 aliphatic heterocycles. The molecule has 2 aromatic rings. The van der Waals surface area contributed by atoms with Crippen molar-refractivity contribution in [2.75, 3.05) is 11.6 Å². The van der Waals surface area contributed by atoms with E-state index in [1.165, 1.54) is 16.7 Å². The lowest BCUT2D eigenvalue weighted by Crippen LogP contribution is -2.57. The van der Waals surface area contributed by atoms with Crippen molar-refractivity contribution in [3.05, 3.63) is 71.8 Å². The standard InChI is InChI=1S/C30H37N3O7S/c1-19(2)25(32-30(38)39-16-22-13-9-6-10-14-22)28(36)33-18-41-17-24(33)31-27(35)23(15-21-11-7-5-8-12-21)26(34)29(37)40-20(3)4/h5-14,19-20,23-25H,15-18H2,1-4H3,(H,31,35)(H,32,38)/t23-,24+,25-/m0/s1. The molecule has 0 bridgehead atoms. The van der Waals surface area contributed by atoms with E-state index in [9.17, 15) is 24.0 Å². The van der Waals surface area contributed by atoms with Crippen molar-refractivity contribution in [3.63, 3.8) is 0 Å². The van der Waals surface area contributed by atoms with E-state index in [1.54, 1.807) is 52.0 Å². The van der Waals surface area contributed by atoms with Crippen molar-refractivity contribution in [3.8, 4) is 0 Å². The van der Waals surface area contributed by atoms with Gasteiger partial charge < -0.3 is 25.0 Å². The normalized spacial score (nSPS) is 16.1. The Kier molecular flexibility index (Phi) is 11.8. The Morgan fingerprint density at radius 2 is 1.54 bits per heavy atom. The molecule has 10 nitrogen and oxygen atoms in total. The maximum atomic E-state index is 13.6. The minimum atomic E-state index is -1.34. The molecule has 11 heteroatoms.